The van der Waals surface area contributed by atoms with Crippen LogP contribution in [-0.4, -0.2) is 69.1 Å². The molecule has 2 aromatic rings. The maximum Gasteiger partial charge on any atom is 0.255 e. The largest absolute Gasteiger partial charge is 0.369 e. The first-order valence-electron chi connectivity index (χ1n) is 11.3. The molecule has 0 atom stereocenters. The molecule has 0 aromatic heterocycles. The van der Waals surface area contributed by atoms with Crippen LogP contribution in [0.3, 0.4) is 0 Å². The van der Waals surface area contributed by atoms with Crippen LogP contribution in [-0.2, 0) is 10.0 Å². The average molecular weight is 474 g/mol. The van der Waals surface area contributed by atoms with E-state index in [1.165, 1.54) is 11.8 Å². The van der Waals surface area contributed by atoms with Crippen molar-refractivity contribution < 1.29 is 13.2 Å². The van der Waals surface area contributed by atoms with E-state index in [2.05, 4.69) is 4.90 Å². The summed E-state index contributed by atoms with van der Waals surface area (Å²) in [6, 6.07) is 15.1. The van der Waals surface area contributed by atoms with Gasteiger partial charge < -0.3 is 9.80 Å². The van der Waals surface area contributed by atoms with Crippen molar-refractivity contribution in [2.24, 2.45) is 0 Å². The summed E-state index contributed by atoms with van der Waals surface area (Å²) >= 11 is 1.48. The Morgan fingerprint density at radius 2 is 1.50 bits per heavy atom. The number of carbonyl (C=O) groups excluding carboxylic acids is 1. The molecule has 32 heavy (non-hydrogen) atoms. The molecule has 1 amide bonds. The Labute approximate surface area is 195 Å². The van der Waals surface area contributed by atoms with Gasteiger partial charge in [-0.1, -0.05) is 31.0 Å². The lowest BCUT2D eigenvalue weighted by molar-refractivity contribution is 0.0758. The Morgan fingerprint density at radius 3 is 2.12 bits per heavy atom. The number of para-hydroxylation sites is 1. The quantitative estimate of drug-likeness (QED) is 0.616. The van der Waals surface area contributed by atoms with Crippen molar-refractivity contribution in [1.82, 2.24) is 9.21 Å². The number of hydrogen-bond acceptors (Lipinski definition) is 5. The van der Waals surface area contributed by atoms with Gasteiger partial charge in [0.05, 0.1) is 10.5 Å². The summed E-state index contributed by atoms with van der Waals surface area (Å²) in [5, 5.41) is 0. The fourth-order valence-electron chi connectivity index (χ4n) is 4.43. The lowest BCUT2D eigenvalue weighted by atomic mass is 10.2. The summed E-state index contributed by atoms with van der Waals surface area (Å²) < 4.78 is 28.4. The third-order valence-electron chi connectivity index (χ3n) is 6.29. The van der Waals surface area contributed by atoms with E-state index in [4.69, 9.17) is 0 Å². The van der Waals surface area contributed by atoms with Crippen LogP contribution >= 0.6 is 11.8 Å². The van der Waals surface area contributed by atoms with Crippen molar-refractivity contribution in [1.29, 1.82) is 0 Å². The normalized spacial score (nSPS) is 18.4. The Balaban J connectivity index is 1.53. The molecule has 2 aliphatic rings. The van der Waals surface area contributed by atoms with Crippen LogP contribution in [0.15, 0.2) is 58.3 Å². The molecule has 0 aliphatic carbocycles. The fraction of sp³-hybridized carbons (Fsp3) is 0.458. The lowest BCUT2D eigenvalue weighted by Gasteiger charge is -2.35. The molecular weight excluding hydrogens is 442 g/mol. The number of piperazine rings is 1. The minimum atomic E-state index is -3.66. The van der Waals surface area contributed by atoms with Crippen molar-refractivity contribution in [3.63, 3.8) is 0 Å². The fourth-order valence-corrected chi connectivity index (χ4v) is 6.45. The molecule has 0 N–H and O–H groups in total. The van der Waals surface area contributed by atoms with Crippen LogP contribution in [0.2, 0.25) is 0 Å². The molecule has 2 aromatic carbocycles. The molecule has 2 fully saturated rings. The van der Waals surface area contributed by atoms with Gasteiger partial charge in [-0.25, -0.2) is 8.42 Å². The first-order valence-corrected chi connectivity index (χ1v) is 13.9. The van der Waals surface area contributed by atoms with E-state index in [0.717, 1.165) is 49.4 Å². The Kier molecular flexibility index (Phi) is 7.43. The monoisotopic (exact) mass is 473 g/mol. The number of likely N-dealkylation sites (tertiary alicyclic amines) is 1. The molecule has 172 valence electrons. The van der Waals surface area contributed by atoms with Crippen LogP contribution in [0.25, 0.3) is 0 Å². The van der Waals surface area contributed by atoms with Gasteiger partial charge in [0.25, 0.3) is 5.91 Å². The van der Waals surface area contributed by atoms with Gasteiger partial charge in [0, 0.05) is 49.9 Å². The topological polar surface area (TPSA) is 60.9 Å². The number of carbonyl (C=O) groups is 1. The van der Waals surface area contributed by atoms with Crippen LogP contribution in [0.5, 0.6) is 0 Å². The van der Waals surface area contributed by atoms with E-state index < -0.39 is 10.0 Å². The van der Waals surface area contributed by atoms with Crippen molar-refractivity contribution in [2.45, 2.75) is 35.5 Å². The van der Waals surface area contributed by atoms with Gasteiger partial charge in [-0.05, 0) is 49.4 Å². The molecule has 0 saturated carbocycles. The van der Waals surface area contributed by atoms with E-state index in [9.17, 15) is 13.2 Å². The summed E-state index contributed by atoms with van der Waals surface area (Å²) in [4.78, 5) is 18.4. The van der Waals surface area contributed by atoms with Gasteiger partial charge in [-0.15, -0.1) is 11.8 Å². The molecule has 0 spiro atoms. The molecule has 0 unspecified atom stereocenters. The van der Waals surface area contributed by atoms with Gasteiger partial charge in [0.2, 0.25) is 10.0 Å². The summed E-state index contributed by atoms with van der Waals surface area (Å²) in [5.41, 5.74) is 1.61. The van der Waals surface area contributed by atoms with Crippen molar-refractivity contribution in [3.05, 3.63) is 54.1 Å². The molecule has 0 radical (unpaired) electrons. The molecule has 8 heteroatoms. The standard InChI is InChI=1S/C24H31N3O3S2/c1-31-23-12-11-21(19-22(23)24(28)26-13-7-2-3-8-14-26)32(29,30)27-17-15-25(16-18-27)20-9-5-4-6-10-20/h4-6,9-12,19H,2-3,7-8,13-18H2,1H3. The summed E-state index contributed by atoms with van der Waals surface area (Å²) in [6.45, 7) is 3.63. The van der Waals surface area contributed by atoms with Crippen LogP contribution < -0.4 is 4.90 Å². The van der Waals surface area contributed by atoms with Crippen LogP contribution in [0.4, 0.5) is 5.69 Å². The molecular formula is C24H31N3O3S2. The number of benzene rings is 2. The number of anilines is 1. The predicted molar refractivity (Wildman–Crippen MR) is 130 cm³/mol. The van der Waals surface area contributed by atoms with Gasteiger partial charge in [0.15, 0.2) is 0 Å². The number of thioether (sulfide) groups is 1. The lowest BCUT2D eigenvalue weighted by Crippen LogP contribution is -2.48. The van der Waals surface area contributed by atoms with E-state index >= 15 is 0 Å². The number of rotatable bonds is 5. The second kappa shape index (κ2) is 10.3. The number of amides is 1. The highest BCUT2D eigenvalue weighted by atomic mass is 32.2. The van der Waals surface area contributed by atoms with E-state index in [1.54, 1.807) is 22.5 Å². The summed E-state index contributed by atoms with van der Waals surface area (Å²) in [5.74, 6) is -0.0535. The molecule has 2 aliphatic heterocycles. The average Bonchev–Trinajstić information content (AvgIpc) is 3.13. The Hall–Kier alpha value is -2.03. The smallest absolute Gasteiger partial charge is 0.255 e. The third kappa shape index (κ3) is 4.97. The summed E-state index contributed by atoms with van der Waals surface area (Å²) in [7, 11) is -3.66. The Morgan fingerprint density at radius 1 is 0.844 bits per heavy atom. The van der Waals surface area contributed by atoms with E-state index in [1.807, 2.05) is 41.5 Å². The van der Waals surface area contributed by atoms with Crippen molar-refractivity contribution in [3.8, 4) is 0 Å². The maximum absolute atomic E-state index is 13.4. The maximum atomic E-state index is 13.4. The second-order valence-corrected chi connectivity index (χ2v) is 11.1. The van der Waals surface area contributed by atoms with Crippen molar-refractivity contribution in [2.75, 3.05) is 50.4 Å². The highest BCUT2D eigenvalue weighted by Crippen LogP contribution is 2.28. The third-order valence-corrected chi connectivity index (χ3v) is 8.98. The van der Waals surface area contributed by atoms with Crippen LogP contribution in [0.1, 0.15) is 36.0 Å². The highest BCUT2D eigenvalue weighted by molar-refractivity contribution is 7.98. The van der Waals surface area contributed by atoms with Gasteiger partial charge in [-0.3, -0.25) is 4.79 Å². The van der Waals surface area contributed by atoms with Gasteiger partial charge >= 0.3 is 0 Å². The zero-order valence-electron chi connectivity index (χ0n) is 18.6. The zero-order valence-corrected chi connectivity index (χ0v) is 20.2. The van der Waals surface area contributed by atoms with Crippen LogP contribution in [0, 0.1) is 0 Å². The number of hydrogen-bond donors (Lipinski definition) is 0. The number of nitrogens with zero attached hydrogens (tertiary/aromatic N) is 3. The molecule has 4 rings (SSSR count). The second-order valence-electron chi connectivity index (χ2n) is 8.30. The first-order chi connectivity index (χ1) is 15.5. The number of sulfonamides is 1. The molecule has 0 bridgehead atoms. The molecule has 6 nitrogen and oxygen atoms in total. The van der Waals surface area contributed by atoms with Gasteiger partial charge in [-0.2, -0.15) is 4.31 Å². The SMILES string of the molecule is CSc1ccc(S(=O)(=O)N2CCN(c3ccccc3)CC2)cc1C(=O)N1CCCCCC1. The van der Waals surface area contributed by atoms with Crippen molar-refractivity contribution >= 4 is 33.4 Å². The molecule has 2 saturated heterocycles. The predicted octanol–water partition coefficient (Wildman–Crippen LogP) is 3.94. The van der Waals surface area contributed by atoms with E-state index in [0.29, 0.717) is 31.7 Å². The first kappa shape index (κ1) is 23.1. The highest BCUT2D eigenvalue weighted by Gasteiger charge is 2.30. The minimum Gasteiger partial charge on any atom is -0.369 e. The zero-order chi connectivity index (χ0) is 22.6. The Bertz CT molecular complexity index is 1030. The minimum absolute atomic E-state index is 0.0535. The van der Waals surface area contributed by atoms with Gasteiger partial charge in [0.1, 0.15) is 0 Å². The summed E-state index contributed by atoms with van der Waals surface area (Å²) in [6.07, 6.45) is 6.21. The van der Waals surface area contributed by atoms with E-state index in [-0.39, 0.29) is 10.8 Å². The molecule has 2 heterocycles.